The average molecular weight is 409 g/mol. The number of rotatable bonds is 6. The Morgan fingerprint density at radius 3 is 2.68 bits per heavy atom. The number of ether oxygens (including phenoxy) is 1. The summed E-state index contributed by atoms with van der Waals surface area (Å²) in [4.78, 5) is 19.2. The van der Waals surface area contributed by atoms with Crippen molar-refractivity contribution in [1.29, 1.82) is 0 Å². The van der Waals surface area contributed by atoms with Crippen LogP contribution in [0.25, 0.3) is 0 Å². The van der Waals surface area contributed by atoms with Gasteiger partial charge in [0.1, 0.15) is 11.9 Å². The molecule has 1 heterocycles. The molecule has 1 amide bonds. The normalized spacial score (nSPS) is 29.2. The molecule has 0 bridgehead atoms. The van der Waals surface area contributed by atoms with E-state index in [2.05, 4.69) is 15.6 Å². The minimum Gasteiger partial charge on any atom is -0.497 e. The second kappa shape index (κ2) is 9.13. The minimum atomic E-state index is -0.974. The van der Waals surface area contributed by atoms with Gasteiger partial charge in [0.2, 0.25) is 5.91 Å². The number of benzene rings is 1. The van der Waals surface area contributed by atoms with E-state index >= 15 is 0 Å². The highest BCUT2D eigenvalue weighted by Crippen LogP contribution is 2.41. The molecule has 1 aromatic rings. The van der Waals surface area contributed by atoms with Crippen LogP contribution in [0, 0.1) is 5.92 Å². The molecule has 28 heavy (non-hydrogen) atoms. The van der Waals surface area contributed by atoms with Crippen LogP contribution in [0.15, 0.2) is 29.3 Å². The number of aliphatic hydroxyl groups is 2. The van der Waals surface area contributed by atoms with Crippen molar-refractivity contribution < 1.29 is 19.7 Å². The lowest BCUT2D eigenvalue weighted by atomic mass is 9.81. The summed E-state index contributed by atoms with van der Waals surface area (Å²) in [6, 6.07) is 6.92. The zero-order valence-corrected chi connectivity index (χ0v) is 17.1. The van der Waals surface area contributed by atoms with Gasteiger partial charge in [-0.15, -0.1) is 0 Å². The third-order valence-electron chi connectivity index (χ3n) is 5.02. The molecular weight excluding hydrogens is 380 g/mol. The largest absolute Gasteiger partial charge is 0.497 e. The first-order valence-electron chi connectivity index (χ1n) is 9.33. The van der Waals surface area contributed by atoms with Gasteiger partial charge >= 0.3 is 0 Å². The van der Waals surface area contributed by atoms with Crippen molar-refractivity contribution in [2.45, 2.75) is 29.9 Å². The lowest BCUT2D eigenvalue weighted by molar-refractivity contribution is -0.129. The Morgan fingerprint density at radius 1 is 1.32 bits per heavy atom. The fourth-order valence-corrected chi connectivity index (χ4v) is 4.82. The van der Waals surface area contributed by atoms with Gasteiger partial charge in [0.15, 0.2) is 5.17 Å². The molecule has 1 aliphatic heterocycles. The Morgan fingerprint density at radius 2 is 2.04 bits per heavy atom. The Hall–Kier alpha value is -1.81. The molecule has 1 saturated carbocycles. The van der Waals surface area contributed by atoms with Crippen LogP contribution in [0.4, 0.5) is 5.69 Å². The van der Waals surface area contributed by atoms with E-state index in [9.17, 15) is 15.0 Å². The molecule has 1 aromatic carbocycles. The van der Waals surface area contributed by atoms with Crippen molar-refractivity contribution in [2.24, 2.45) is 10.9 Å². The molecule has 1 aliphatic carbocycles. The van der Waals surface area contributed by atoms with E-state index in [1.54, 1.807) is 7.11 Å². The monoisotopic (exact) mass is 408 g/mol. The third kappa shape index (κ3) is 4.78. The number of carbonyl (C=O) groups excluding carboxylic acids is 1. The van der Waals surface area contributed by atoms with E-state index in [1.807, 2.05) is 43.3 Å². The number of amides is 1. The van der Waals surface area contributed by atoms with E-state index in [1.165, 1.54) is 11.8 Å². The standard InChI is InChI=1S/C19H28N4O4S/c1-23(2)9-8-20-18(26)13-10-14(24)16(25)15-17(13)28-19(22-15)21-11-4-6-12(27-3)7-5-11/h4-7,13-17,24-25H,8-10H2,1-3H3,(H,20,26)(H,21,22)/t13-,14+,15-,16-,17+/m0/s1. The molecule has 0 unspecified atom stereocenters. The minimum absolute atomic E-state index is 0.101. The molecule has 0 spiro atoms. The Balaban J connectivity index is 1.67. The number of fused-ring (bicyclic) bond motifs is 1. The summed E-state index contributed by atoms with van der Waals surface area (Å²) in [6.07, 6.45) is -1.71. The highest BCUT2D eigenvalue weighted by Gasteiger charge is 2.50. The number of thioether (sulfide) groups is 1. The van der Waals surface area contributed by atoms with Crippen LogP contribution >= 0.6 is 11.8 Å². The summed E-state index contributed by atoms with van der Waals surface area (Å²) in [6.45, 7) is 1.28. The van der Waals surface area contributed by atoms with Gasteiger partial charge < -0.3 is 30.5 Å². The van der Waals surface area contributed by atoms with Crippen LogP contribution in [0.5, 0.6) is 5.75 Å². The van der Waals surface area contributed by atoms with Gasteiger partial charge in [-0.2, -0.15) is 0 Å². The van der Waals surface area contributed by atoms with Crippen molar-refractivity contribution in [1.82, 2.24) is 10.2 Å². The van der Waals surface area contributed by atoms with E-state index in [4.69, 9.17) is 4.74 Å². The Bertz CT molecular complexity index is 712. The summed E-state index contributed by atoms with van der Waals surface area (Å²) in [5.41, 5.74) is 0.840. The van der Waals surface area contributed by atoms with Gasteiger partial charge in [-0.3, -0.25) is 9.79 Å². The first kappa shape index (κ1) is 20.9. The summed E-state index contributed by atoms with van der Waals surface area (Å²) in [5, 5.41) is 27.2. The highest BCUT2D eigenvalue weighted by molar-refractivity contribution is 8.15. The zero-order valence-electron chi connectivity index (χ0n) is 16.3. The lowest BCUT2D eigenvalue weighted by Gasteiger charge is -2.37. The molecule has 1 fully saturated rings. The number of hydrogen-bond donors (Lipinski definition) is 4. The molecule has 0 saturated heterocycles. The van der Waals surface area contributed by atoms with Gasteiger partial charge in [-0.05, 0) is 44.8 Å². The fraction of sp³-hybridized carbons (Fsp3) is 0.579. The maximum absolute atomic E-state index is 12.7. The second-order valence-corrected chi connectivity index (χ2v) is 8.52. The van der Waals surface area contributed by atoms with Crippen molar-refractivity contribution in [2.75, 3.05) is 39.6 Å². The predicted molar refractivity (Wildman–Crippen MR) is 111 cm³/mol. The van der Waals surface area contributed by atoms with Crippen molar-refractivity contribution in [3.8, 4) is 5.75 Å². The average Bonchev–Trinajstić information content (AvgIpc) is 3.08. The fourth-order valence-electron chi connectivity index (χ4n) is 3.44. The predicted octanol–water partition coefficient (Wildman–Crippen LogP) is 0.367. The number of carbonyl (C=O) groups is 1. The SMILES string of the molecule is COc1ccc(NC2=N[C@H]3[C@@H](O)[C@H](O)C[C@H](C(=O)NCCN(C)C)[C@H]3S2)cc1. The lowest BCUT2D eigenvalue weighted by Crippen LogP contribution is -2.54. The first-order valence-corrected chi connectivity index (χ1v) is 10.2. The molecule has 4 N–H and O–H groups in total. The number of methoxy groups -OCH3 is 1. The Kier molecular flexibility index (Phi) is 6.82. The number of aliphatic hydroxyl groups excluding tert-OH is 2. The van der Waals surface area contributed by atoms with E-state index in [-0.39, 0.29) is 17.6 Å². The molecular formula is C19H28N4O4S. The highest BCUT2D eigenvalue weighted by atomic mass is 32.2. The van der Waals surface area contributed by atoms with Crippen LogP contribution in [-0.4, -0.2) is 84.0 Å². The molecule has 2 aliphatic rings. The Labute approximate surface area is 169 Å². The number of nitrogens with zero attached hydrogens (tertiary/aromatic N) is 2. The van der Waals surface area contributed by atoms with Crippen LogP contribution < -0.4 is 15.4 Å². The molecule has 9 heteroatoms. The number of likely N-dealkylation sites (N-methyl/N-ethyl adjacent to an activating group) is 1. The third-order valence-corrected chi connectivity index (χ3v) is 6.33. The summed E-state index contributed by atoms with van der Waals surface area (Å²) in [7, 11) is 5.50. The molecule has 0 radical (unpaired) electrons. The van der Waals surface area contributed by atoms with Gasteiger partial charge in [0.05, 0.1) is 25.2 Å². The maximum Gasteiger partial charge on any atom is 0.224 e. The van der Waals surface area contributed by atoms with Crippen LogP contribution in [0.2, 0.25) is 0 Å². The van der Waals surface area contributed by atoms with Crippen molar-refractivity contribution in [3.63, 3.8) is 0 Å². The van der Waals surface area contributed by atoms with E-state index in [0.29, 0.717) is 11.7 Å². The number of nitrogens with one attached hydrogen (secondary N) is 2. The molecule has 8 nitrogen and oxygen atoms in total. The first-order chi connectivity index (χ1) is 13.4. The van der Waals surface area contributed by atoms with E-state index in [0.717, 1.165) is 18.0 Å². The van der Waals surface area contributed by atoms with Gasteiger partial charge in [-0.25, -0.2) is 0 Å². The van der Waals surface area contributed by atoms with Gasteiger partial charge in [0.25, 0.3) is 0 Å². The molecule has 0 aromatic heterocycles. The quantitative estimate of drug-likeness (QED) is 0.539. The van der Waals surface area contributed by atoms with E-state index < -0.39 is 24.2 Å². The van der Waals surface area contributed by atoms with Crippen LogP contribution in [0.3, 0.4) is 0 Å². The molecule has 154 valence electrons. The number of anilines is 1. The summed E-state index contributed by atoms with van der Waals surface area (Å²) >= 11 is 1.45. The van der Waals surface area contributed by atoms with Crippen molar-refractivity contribution >= 4 is 28.5 Å². The number of aliphatic imine (C=N–C) groups is 1. The molecule has 3 rings (SSSR count). The van der Waals surface area contributed by atoms with Crippen LogP contribution in [0.1, 0.15) is 6.42 Å². The topological polar surface area (TPSA) is 106 Å². The van der Waals surface area contributed by atoms with Crippen molar-refractivity contribution in [3.05, 3.63) is 24.3 Å². The second-order valence-electron chi connectivity index (χ2n) is 7.36. The number of hydrogen-bond acceptors (Lipinski definition) is 8. The van der Waals surface area contributed by atoms with Gasteiger partial charge in [0, 0.05) is 24.0 Å². The maximum atomic E-state index is 12.7. The smallest absolute Gasteiger partial charge is 0.224 e. The molecule has 5 atom stereocenters. The summed E-state index contributed by atoms with van der Waals surface area (Å²) < 4.78 is 5.16. The van der Waals surface area contributed by atoms with Crippen LogP contribution in [-0.2, 0) is 4.79 Å². The van der Waals surface area contributed by atoms with Gasteiger partial charge in [-0.1, -0.05) is 11.8 Å². The number of amidine groups is 1. The zero-order chi connectivity index (χ0) is 20.3. The summed E-state index contributed by atoms with van der Waals surface area (Å²) in [5.74, 6) is 0.249.